The van der Waals surface area contributed by atoms with E-state index in [1.54, 1.807) is 11.9 Å². The Bertz CT molecular complexity index is 702. The van der Waals surface area contributed by atoms with Gasteiger partial charge in [-0.3, -0.25) is 4.79 Å². The standard InChI is InChI=1S/C19H21NO4/c1-20(15-6-3-2-4-7-15)19(22)16(8-5-11-21)14-9-10-17-18(12-14)24-13-23-17/h2-4,6-7,9-10,12,16,21H,5,8,11,13H2,1H3. The summed E-state index contributed by atoms with van der Waals surface area (Å²) in [4.78, 5) is 14.7. The van der Waals surface area contributed by atoms with E-state index in [9.17, 15) is 9.90 Å². The maximum absolute atomic E-state index is 13.0. The molecule has 126 valence electrons. The third-order valence-electron chi connectivity index (χ3n) is 4.22. The summed E-state index contributed by atoms with van der Waals surface area (Å²) in [5.74, 6) is 1.02. The van der Waals surface area contributed by atoms with E-state index < -0.39 is 0 Å². The summed E-state index contributed by atoms with van der Waals surface area (Å²) in [5, 5.41) is 9.18. The maximum atomic E-state index is 13.0. The number of amides is 1. The molecule has 0 saturated heterocycles. The third kappa shape index (κ3) is 3.36. The fourth-order valence-electron chi connectivity index (χ4n) is 2.87. The van der Waals surface area contributed by atoms with Gasteiger partial charge in [0.25, 0.3) is 0 Å². The van der Waals surface area contributed by atoms with Gasteiger partial charge < -0.3 is 19.5 Å². The van der Waals surface area contributed by atoms with Crippen molar-refractivity contribution in [1.29, 1.82) is 0 Å². The lowest BCUT2D eigenvalue weighted by molar-refractivity contribution is -0.120. The molecule has 0 aliphatic carbocycles. The van der Waals surface area contributed by atoms with Gasteiger partial charge in [0.15, 0.2) is 11.5 Å². The van der Waals surface area contributed by atoms with E-state index in [1.807, 2.05) is 48.5 Å². The Labute approximate surface area is 141 Å². The predicted octanol–water partition coefficient (Wildman–Crippen LogP) is 2.93. The monoisotopic (exact) mass is 327 g/mol. The molecule has 1 unspecified atom stereocenters. The van der Waals surface area contributed by atoms with Crippen LogP contribution < -0.4 is 14.4 Å². The van der Waals surface area contributed by atoms with Gasteiger partial charge in [-0.25, -0.2) is 0 Å². The van der Waals surface area contributed by atoms with E-state index in [4.69, 9.17) is 9.47 Å². The quantitative estimate of drug-likeness (QED) is 0.886. The fourth-order valence-corrected chi connectivity index (χ4v) is 2.87. The Kier molecular flexibility index (Phi) is 5.01. The molecule has 0 bridgehead atoms. The molecule has 1 N–H and O–H groups in total. The molecule has 1 amide bonds. The molecule has 5 heteroatoms. The summed E-state index contributed by atoms with van der Waals surface area (Å²) in [6, 6.07) is 15.1. The summed E-state index contributed by atoms with van der Waals surface area (Å²) < 4.78 is 10.8. The average Bonchev–Trinajstić information content (AvgIpc) is 3.10. The smallest absolute Gasteiger partial charge is 0.234 e. The zero-order chi connectivity index (χ0) is 16.9. The number of anilines is 1. The zero-order valence-corrected chi connectivity index (χ0v) is 13.6. The van der Waals surface area contributed by atoms with Gasteiger partial charge in [-0.1, -0.05) is 24.3 Å². The van der Waals surface area contributed by atoms with E-state index in [2.05, 4.69) is 0 Å². The number of aliphatic hydroxyl groups excluding tert-OH is 1. The van der Waals surface area contributed by atoms with Crippen LogP contribution in [-0.4, -0.2) is 31.5 Å². The van der Waals surface area contributed by atoms with Crippen LogP contribution in [0.5, 0.6) is 11.5 Å². The van der Waals surface area contributed by atoms with Crippen LogP contribution in [0.25, 0.3) is 0 Å². The van der Waals surface area contributed by atoms with Crippen LogP contribution in [0.1, 0.15) is 24.3 Å². The Balaban J connectivity index is 1.87. The second kappa shape index (κ2) is 7.36. The lowest BCUT2D eigenvalue weighted by Gasteiger charge is -2.24. The average molecular weight is 327 g/mol. The van der Waals surface area contributed by atoms with Crippen LogP contribution in [0, 0.1) is 0 Å². The molecular formula is C19H21NO4. The van der Waals surface area contributed by atoms with Crippen molar-refractivity contribution in [1.82, 2.24) is 0 Å². The van der Waals surface area contributed by atoms with Crippen molar-refractivity contribution in [3.8, 4) is 11.5 Å². The number of aliphatic hydroxyl groups is 1. The van der Waals surface area contributed by atoms with Gasteiger partial charge in [0.2, 0.25) is 12.7 Å². The molecule has 0 saturated carbocycles. The summed E-state index contributed by atoms with van der Waals surface area (Å²) in [6.07, 6.45) is 1.14. The van der Waals surface area contributed by atoms with E-state index in [0.29, 0.717) is 24.3 Å². The Morgan fingerprint density at radius 2 is 1.92 bits per heavy atom. The molecule has 1 aliphatic rings. The molecule has 1 atom stereocenters. The third-order valence-corrected chi connectivity index (χ3v) is 4.22. The topological polar surface area (TPSA) is 59.0 Å². The molecule has 0 spiro atoms. The molecule has 0 aromatic heterocycles. The largest absolute Gasteiger partial charge is 0.454 e. The number of ether oxygens (including phenoxy) is 2. The van der Waals surface area contributed by atoms with E-state index >= 15 is 0 Å². The summed E-state index contributed by atoms with van der Waals surface area (Å²) in [6.45, 7) is 0.265. The van der Waals surface area contributed by atoms with Gasteiger partial charge in [0, 0.05) is 19.3 Å². The molecule has 2 aromatic carbocycles. The lowest BCUT2D eigenvalue weighted by atomic mass is 9.92. The van der Waals surface area contributed by atoms with Crippen LogP contribution in [0.15, 0.2) is 48.5 Å². The minimum Gasteiger partial charge on any atom is -0.454 e. The first-order valence-electron chi connectivity index (χ1n) is 8.03. The highest BCUT2D eigenvalue weighted by Gasteiger charge is 2.26. The fraction of sp³-hybridized carbons (Fsp3) is 0.316. The molecule has 0 fully saturated rings. The van der Waals surface area contributed by atoms with E-state index in [-0.39, 0.29) is 25.2 Å². The second-order valence-corrected chi connectivity index (χ2v) is 5.76. The number of fused-ring (bicyclic) bond motifs is 1. The van der Waals surface area contributed by atoms with E-state index in [1.165, 1.54) is 0 Å². The Morgan fingerprint density at radius 1 is 1.17 bits per heavy atom. The number of carbonyl (C=O) groups excluding carboxylic acids is 1. The molecule has 3 rings (SSSR count). The summed E-state index contributed by atoms with van der Waals surface area (Å²) in [5.41, 5.74) is 1.72. The van der Waals surface area contributed by atoms with Crippen LogP contribution in [0.4, 0.5) is 5.69 Å². The first-order chi connectivity index (χ1) is 11.7. The number of hydrogen-bond acceptors (Lipinski definition) is 4. The van der Waals surface area contributed by atoms with Crippen molar-refractivity contribution in [2.24, 2.45) is 0 Å². The van der Waals surface area contributed by atoms with Crippen molar-refractivity contribution in [2.45, 2.75) is 18.8 Å². The van der Waals surface area contributed by atoms with Crippen LogP contribution >= 0.6 is 0 Å². The highest BCUT2D eigenvalue weighted by atomic mass is 16.7. The molecule has 1 aliphatic heterocycles. The SMILES string of the molecule is CN(C(=O)C(CCCO)c1ccc2c(c1)OCO2)c1ccccc1. The van der Waals surface area contributed by atoms with Crippen molar-refractivity contribution in [2.75, 3.05) is 25.3 Å². The van der Waals surface area contributed by atoms with Gasteiger partial charge in [0.05, 0.1) is 5.92 Å². The minimum absolute atomic E-state index is 0.00600. The van der Waals surface area contributed by atoms with Gasteiger partial charge in [0.1, 0.15) is 0 Å². The maximum Gasteiger partial charge on any atom is 0.234 e. The summed E-state index contributed by atoms with van der Waals surface area (Å²) >= 11 is 0. The number of para-hydroxylation sites is 1. The Hall–Kier alpha value is -2.53. The molecule has 5 nitrogen and oxygen atoms in total. The number of likely N-dealkylation sites (N-methyl/N-ethyl adjacent to an activating group) is 1. The molecule has 2 aromatic rings. The highest BCUT2D eigenvalue weighted by molar-refractivity contribution is 5.97. The zero-order valence-electron chi connectivity index (χ0n) is 13.6. The van der Waals surface area contributed by atoms with Gasteiger partial charge in [-0.15, -0.1) is 0 Å². The summed E-state index contributed by atoms with van der Waals surface area (Å²) in [7, 11) is 1.77. The van der Waals surface area contributed by atoms with Crippen LogP contribution in [0.2, 0.25) is 0 Å². The van der Waals surface area contributed by atoms with Gasteiger partial charge in [-0.05, 0) is 42.7 Å². The van der Waals surface area contributed by atoms with Gasteiger partial charge >= 0.3 is 0 Å². The van der Waals surface area contributed by atoms with E-state index in [0.717, 1.165) is 11.3 Å². The first-order valence-corrected chi connectivity index (χ1v) is 8.03. The van der Waals surface area contributed by atoms with Gasteiger partial charge in [-0.2, -0.15) is 0 Å². The Morgan fingerprint density at radius 3 is 2.67 bits per heavy atom. The van der Waals surface area contributed by atoms with Crippen LogP contribution in [-0.2, 0) is 4.79 Å². The van der Waals surface area contributed by atoms with Crippen molar-refractivity contribution in [3.63, 3.8) is 0 Å². The lowest BCUT2D eigenvalue weighted by Crippen LogP contribution is -2.31. The highest BCUT2D eigenvalue weighted by Crippen LogP contribution is 2.36. The van der Waals surface area contributed by atoms with Crippen LogP contribution in [0.3, 0.4) is 0 Å². The molecule has 1 heterocycles. The van der Waals surface area contributed by atoms with Crippen molar-refractivity contribution in [3.05, 3.63) is 54.1 Å². The second-order valence-electron chi connectivity index (χ2n) is 5.76. The first kappa shape index (κ1) is 16.3. The number of rotatable bonds is 6. The predicted molar refractivity (Wildman–Crippen MR) is 91.5 cm³/mol. The number of carbonyl (C=O) groups is 1. The normalized spacial score (nSPS) is 13.6. The minimum atomic E-state index is -0.336. The molecule has 0 radical (unpaired) electrons. The van der Waals surface area contributed by atoms with Crippen molar-refractivity contribution >= 4 is 11.6 Å². The molecular weight excluding hydrogens is 306 g/mol. The number of benzene rings is 2. The van der Waals surface area contributed by atoms with Crippen molar-refractivity contribution < 1.29 is 19.4 Å². The molecule has 24 heavy (non-hydrogen) atoms. The number of hydrogen-bond donors (Lipinski definition) is 1. The number of nitrogens with zero attached hydrogens (tertiary/aromatic N) is 1.